The topological polar surface area (TPSA) is 40.6 Å². The highest BCUT2D eigenvalue weighted by atomic mass is 16.2. The maximum Gasteiger partial charge on any atom is 0.312 e. The lowest BCUT2D eigenvalue weighted by molar-refractivity contribution is -0.157. The van der Waals surface area contributed by atoms with Gasteiger partial charge in [-0.15, -0.1) is 0 Å². The SMILES string of the molecule is CC1CCN(C(=O)C(=O)N2CC(C3CCC3)C2)CC1. The van der Waals surface area contributed by atoms with Crippen LogP contribution in [0.5, 0.6) is 0 Å². The molecule has 2 aliphatic heterocycles. The maximum absolute atomic E-state index is 12.1. The van der Waals surface area contributed by atoms with Crippen molar-refractivity contribution in [3.05, 3.63) is 0 Å². The molecule has 4 heteroatoms. The van der Waals surface area contributed by atoms with Gasteiger partial charge in [0.1, 0.15) is 0 Å². The molecule has 4 nitrogen and oxygen atoms in total. The number of nitrogens with zero attached hydrogens (tertiary/aromatic N) is 2. The van der Waals surface area contributed by atoms with Crippen LogP contribution in [-0.2, 0) is 9.59 Å². The van der Waals surface area contributed by atoms with Crippen molar-refractivity contribution in [3.8, 4) is 0 Å². The van der Waals surface area contributed by atoms with Gasteiger partial charge in [-0.1, -0.05) is 26.2 Å². The molecule has 0 radical (unpaired) electrons. The van der Waals surface area contributed by atoms with Crippen LogP contribution >= 0.6 is 0 Å². The Bertz CT molecular complexity index is 364. The van der Waals surface area contributed by atoms with Gasteiger partial charge in [-0.05, 0) is 30.6 Å². The summed E-state index contributed by atoms with van der Waals surface area (Å²) < 4.78 is 0. The molecule has 0 aromatic rings. The first-order valence-corrected chi connectivity index (χ1v) is 7.73. The Morgan fingerprint density at radius 2 is 1.42 bits per heavy atom. The quantitative estimate of drug-likeness (QED) is 0.673. The molecule has 1 saturated carbocycles. The third-order valence-corrected chi connectivity index (χ3v) is 5.27. The molecule has 3 aliphatic rings. The standard InChI is InChI=1S/C15H24N2O2/c1-11-5-7-16(8-6-11)14(18)15(19)17-9-13(10-17)12-3-2-4-12/h11-13H,2-10H2,1H3. The second-order valence-corrected chi connectivity index (χ2v) is 6.64. The van der Waals surface area contributed by atoms with Crippen LogP contribution in [-0.4, -0.2) is 47.8 Å². The Morgan fingerprint density at radius 1 is 0.842 bits per heavy atom. The summed E-state index contributed by atoms with van der Waals surface area (Å²) >= 11 is 0. The molecule has 2 heterocycles. The van der Waals surface area contributed by atoms with Gasteiger partial charge >= 0.3 is 11.8 Å². The highest BCUT2D eigenvalue weighted by molar-refractivity contribution is 6.35. The Balaban J connectivity index is 1.46. The highest BCUT2D eigenvalue weighted by Gasteiger charge is 2.41. The van der Waals surface area contributed by atoms with Crippen molar-refractivity contribution in [1.29, 1.82) is 0 Å². The second-order valence-electron chi connectivity index (χ2n) is 6.64. The molecule has 2 saturated heterocycles. The molecule has 0 spiro atoms. The van der Waals surface area contributed by atoms with Gasteiger partial charge < -0.3 is 9.80 Å². The molecule has 0 aromatic carbocycles. The molecule has 1 aliphatic carbocycles. The van der Waals surface area contributed by atoms with E-state index >= 15 is 0 Å². The van der Waals surface area contributed by atoms with Crippen molar-refractivity contribution in [2.75, 3.05) is 26.2 Å². The Kier molecular flexibility index (Phi) is 3.50. The molecular weight excluding hydrogens is 240 g/mol. The van der Waals surface area contributed by atoms with Crippen LogP contribution in [0.1, 0.15) is 39.0 Å². The van der Waals surface area contributed by atoms with Gasteiger partial charge in [0.15, 0.2) is 0 Å². The van der Waals surface area contributed by atoms with Crippen LogP contribution < -0.4 is 0 Å². The van der Waals surface area contributed by atoms with Gasteiger partial charge in [0.05, 0.1) is 0 Å². The van der Waals surface area contributed by atoms with Crippen LogP contribution in [0, 0.1) is 17.8 Å². The summed E-state index contributed by atoms with van der Waals surface area (Å²) in [6.45, 7) is 5.36. The van der Waals surface area contributed by atoms with E-state index in [2.05, 4.69) is 6.92 Å². The highest BCUT2D eigenvalue weighted by Crippen LogP contribution is 2.38. The minimum Gasteiger partial charge on any atom is -0.334 e. The Labute approximate surface area is 115 Å². The average molecular weight is 264 g/mol. The van der Waals surface area contributed by atoms with Crippen LogP contribution in [0.3, 0.4) is 0 Å². The molecule has 0 aromatic heterocycles. The van der Waals surface area contributed by atoms with Gasteiger partial charge in [0, 0.05) is 26.2 Å². The first-order valence-electron chi connectivity index (χ1n) is 7.73. The zero-order valence-corrected chi connectivity index (χ0v) is 11.8. The van der Waals surface area contributed by atoms with E-state index in [-0.39, 0.29) is 11.8 Å². The van der Waals surface area contributed by atoms with Crippen LogP contribution in [0.4, 0.5) is 0 Å². The predicted octanol–water partition coefficient (Wildman–Crippen LogP) is 1.50. The molecule has 3 rings (SSSR count). The third kappa shape index (κ3) is 2.49. The summed E-state index contributed by atoms with van der Waals surface area (Å²) in [6.07, 6.45) is 6.06. The van der Waals surface area contributed by atoms with Crippen LogP contribution in [0.25, 0.3) is 0 Å². The molecule has 0 bridgehead atoms. The number of amides is 2. The predicted molar refractivity (Wildman–Crippen MR) is 72.4 cm³/mol. The van der Waals surface area contributed by atoms with Gasteiger partial charge in [0.2, 0.25) is 0 Å². The van der Waals surface area contributed by atoms with E-state index in [1.807, 2.05) is 0 Å². The average Bonchev–Trinajstić information content (AvgIpc) is 2.30. The van der Waals surface area contributed by atoms with Crippen molar-refractivity contribution < 1.29 is 9.59 Å². The molecule has 3 fully saturated rings. The molecule has 19 heavy (non-hydrogen) atoms. The fraction of sp³-hybridized carbons (Fsp3) is 0.867. The third-order valence-electron chi connectivity index (χ3n) is 5.27. The maximum atomic E-state index is 12.1. The summed E-state index contributed by atoms with van der Waals surface area (Å²) in [5, 5.41) is 0. The molecule has 0 atom stereocenters. The van der Waals surface area contributed by atoms with E-state index in [0.29, 0.717) is 11.8 Å². The largest absolute Gasteiger partial charge is 0.334 e. The summed E-state index contributed by atoms with van der Waals surface area (Å²) in [5.74, 6) is 1.66. The van der Waals surface area contributed by atoms with Crippen molar-refractivity contribution >= 4 is 11.8 Å². The normalized spacial score (nSPS) is 25.9. The van der Waals surface area contributed by atoms with E-state index in [1.165, 1.54) is 19.3 Å². The number of piperidine rings is 1. The van der Waals surface area contributed by atoms with Crippen molar-refractivity contribution in [1.82, 2.24) is 9.80 Å². The van der Waals surface area contributed by atoms with Crippen LogP contribution in [0.15, 0.2) is 0 Å². The van der Waals surface area contributed by atoms with E-state index in [1.54, 1.807) is 9.80 Å². The van der Waals surface area contributed by atoms with E-state index in [9.17, 15) is 9.59 Å². The number of hydrogen-bond acceptors (Lipinski definition) is 2. The van der Waals surface area contributed by atoms with Crippen molar-refractivity contribution in [3.63, 3.8) is 0 Å². The molecular formula is C15H24N2O2. The Morgan fingerprint density at radius 3 is 1.95 bits per heavy atom. The zero-order chi connectivity index (χ0) is 13.4. The van der Waals surface area contributed by atoms with Crippen molar-refractivity contribution in [2.45, 2.75) is 39.0 Å². The molecule has 2 amide bonds. The van der Waals surface area contributed by atoms with Gasteiger partial charge in [-0.3, -0.25) is 9.59 Å². The lowest BCUT2D eigenvalue weighted by Gasteiger charge is -2.46. The summed E-state index contributed by atoms with van der Waals surface area (Å²) in [7, 11) is 0. The first kappa shape index (κ1) is 12.9. The van der Waals surface area contributed by atoms with E-state index in [0.717, 1.165) is 44.9 Å². The number of hydrogen-bond donors (Lipinski definition) is 0. The van der Waals surface area contributed by atoms with Gasteiger partial charge in [-0.25, -0.2) is 0 Å². The molecule has 0 N–H and O–H groups in total. The lowest BCUT2D eigenvalue weighted by Crippen LogP contribution is -2.58. The first-order chi connectivity index (χ1) is 9.15. The van der Waals surface area contributed by atoms with Crippen molar-refractivity contribution in [2.24, 2.45) is 17.8 Å². The number of likely N-dealkylation sites (tertiary alicyclic amines) is 2. The van der Waals surface area contributed by atoms with E-state index < -0.39 is 0 Å². The minimum atomic E-state index is -0.265. The monoisotopic (exact) mass is 264 g/mol. The fourth-order valence-electron chi connectivity index (χ4n) is 3.37. The van der Waals surface area contributed by atoms with Crippen LogP contribution in [0.2, 0.25) is 0 Å². The smallest absolute Gasteiger partial charge is 0.312 e. The minimum absolute atomic E-state index is 0.259. The van der Waals surface area contributed by atoms with Gasteiger partial charge in [-0.2, -0.15) is 0 Å². The van der Waals surface area contributed by atoms with Gasteiger partial charge in [0.25, 0.3) is 0 Å². The Hall–Kier alpha value is -1.06. The number of carbonyl (C=O) groups excluding carboxylic acids is 2. The second kappa shape index (κ2) is 5.14. The summed E-state index contributed by atoms with van der Waals surface area (Å²) in [5.41, 5.74) is 0. The molecule has 0 unspecified atom stereocenters. The summed E-state index contributed by atoms with van der Waals surface area (Å²) in [4.78, 5) is 27.8. The van der Waals surface area contributed by atoms with E-state index in [4.69, 9.17) is 0 Å². The number of carbonyl (C=O) groups is 2. The fourth-order valence-corrected chi connectivity index (χ4v) is 3.37. The summed E-state index contributed by atoms with van der Waals surface area (Å²) in [6, 6.07) is 0. The lowest BCUT2D eigenvalue weighted by atomic mass is 9.72. The molecule has 106 valence electrons. The zero-order valence-electron chi connectivity index (χ0n) is 11.8. The number of rotatable bonds is 1.